The van der Waals surface area contributed by atoms with Crippen LogP contribution in [0.1, 0.15) is 22.4 Å². The highest BCUT2D eigenvalue weighted by molar-refractivity contribution is 5.61. The van der Waals surface area contributed by atoms with Gasteiger partial charge in [-0.25, -0.2) is 9.97 Å². The van der Waals surface area contributed by atoms with Crippen LogP contribution in [0.15, 0.2) is 36.7 Å². The maximum absolute atomic E-state index is 4.55. The highest BCUT2D eigenvalue weighted by Gasteiger charge is 2.07. The maximum atomic E-state index is 4.55. The van der Waals surface area contributed by atoms with Crippen molar-refractivity contribution < 1.29 is 0 Å². The second kappa shape index (κ2) is 5.97. The summed E-state index contributed by atoms with van der Waals surface area (Å²) < 4.78 is 0. The van der Waals surface area contributed by atoms with Gasteiger partial charge in [-0.2, -0.15) is 5.10 Å². The Kier molecular flexibility index (Phi) is 3.87. The molecule has 0 spiro atoms. The van der Waals surface area contributed by atoms with E-state index in [1.807, 2.05) is 13.0 Å². The Morgan fingerprint density at radius 1 is 1.09 bits per heavy atom. The van der Waals surface area contributed by atoms with Gasteiger partial charge in [0.15, 0.2) is 0 Å². The Bertz CT molecular complexity index is 771. The summed E-state index contributed by atoms with van der Waals surface area (Å²) in [5.41, 5.74) is 6.62. The van der Waals surface area contributed by atoms with Crippen LogP contribution in [0.5, 0.6) is 0 Å². The minimum atomic E-state index is 0.622. The first-order valence-corrected chi connectivity index (χ1v) is 7.26. The molecule has 22 heavy (non-hydrogen) atoms. The molecule has 0 fully saturated rings. The van der Waals surface area contributed by atoms with Crippen molar-refractivity contribution in [2.45, 2.75) is 27.3 Å². The summed E-state index contributed by atoms with van der Waals surface area (Å²) in [4.78, 5) is 8.84. The van der Waals surface area contributed by atoms with Crippen LogP contribution >= 0.6 is 0 Å². The van der Waals surface area contributed by atoms with Crippen molar-refractivity contribution >= 4 is 5.95 Å². The van der Waals surface area contributed by atoms with Crippen LogP contribution in [0.4, 0.5) is 5.95 Å². The normalized spacial score (nSPS) is 10.7. The van der Waals surface area contributed by atoms with Gasteiger partial charge in [0.05, 0.1) is 11.9 Å². The van der Waals surface area contributed by atoms with E-state index in [1.54, 1.807) is 12.4 Å². The Labute approximate surface area is 129 Å². The van der Waals surface area contributed by atoms with Gasteiger partial charge in [0, 0.05) is 24.0 Å². The second-order valence-corrected chi connectivity index (χ2v) is 5.52. The summed E-state index contributed by atoms with van der Waals surface area (Å²) in [6.45, 7) is 6.90. The third-order valence-electron chi connectivity index (χ3n) is 3.49. The Morgan fingerprint density at radius 3 is 2.55 bits per heavy atom. The van der Waals surface area contributed by atoms with Crippen molar-refractivity contribution in [1.29, 1.82) is 0 Å². The van der Waals surface area contributed by atoms with Crippen LogP contribution in [0.25, 0.3) is 11.3 Å². The molecule has 5 heteroatoms. The van der Waals surface area contributed by atoms with Crippen LogP contribution in [0.3, 0.4) is 0 Å². The van der Waals surface area contributed by atoms with E-state index < -0.39 is 0 Å². The molecule has 0 saturated carbocycles. The molecule has 3 rings (SSSR count). The summed E-state index contributed by atoms with van der Waals surface area (Å²) in [5.74, 6) is 0.622. The van der Waals surface area contributed by atoms with Crippen LogP contribution in [0, 0.1) is 20.8 Å². The first kappa shape index (κ1) is 14.3. The third-order valence-corrected chi connectivity index (χ3v) is 3.49. The predicted octanol–water partition coefficient (Wildman–Crippen LogP) is 3.40. The Hall–Kier alpha value is -2.69. The lowest BCUT2D eigenvalue weighted by Gasteiger charge is -2.08. The standard InChI is InChI=1S/C17H19N5/c1-11-6-12(2)8-14(7-11)9-19-17-18-5-4-16(21-17)15-10-20-22-13(15)3/h4-8,10H,9H2,1-3H3,(H,20,22)(H,18,19,21). The van der Waals surface area contributed by atoms with E-state index in [4.69, 9.17) is 0 Å². The van der Waals surface area contributed by atoms with Gasteiger partial charge in [0.1, 0.15) is 0 Å². The molecule has 3 aromatic rings. The van der Waals surface area contributed by atoms with Gasteiger partial charge < -0.3 is 5.32 Å². The molecule has 0 unspecified atom stereocenters. The quantitative estimate of drug-likeness (QED) is 0.773. The average molecular weight is 293 g/mol. The van der Waals surface area contributed by atoms with Gasteiger partial charge in [0.2, 0.25) is 5.95 Å². The minimum absolute atomic E-state index is 0.622. The molecular weight excluding hydrogens is 274 g/mol. The van der Waals surface area contributed by atoms with Crippen LogP contribution in [-0.4, -0.2) is 20.2 Å². The molecule has 2 aromatic heterocycles. The monoisotopic (exact) mass is 293 g/mol. The first-order chi connectivity index (χ1) is 10.6. The van der Waals surface area contributed by atoms with Crippen molar-refractivity contribution in [3.05, 3.63) is 59.0 Å². The number of aromatic nitrogens is 4. The number of hydrogen-bond donors (Lipinski definition) is 2. The number of H-pyrrole nitrogens is 1. The van der Waals surface area contributed by atoms with Crippen LogP contribution in [0.2, 0.25) is 0 Å². The lowest BCUT2D eigenvalue weighted by Crippen LogP contribution is -2.04. The molecule has 0 atom stereocenters. The van der Waals surface area contributed by atoms with Crippen LogP contribution < -0.4 is 5.32 Å². The molecule has 0 bridgehead atoms. The van der Waals surface area contributed by atoms with E-state index in [2.05, 4.69) is 57.5 Å². The summed E-state index contributed by atoms with van der Waals surface area (Å²) in [6.07, 6.45) is 3.55. The second-order valence-electron chi connectivity index (χ2n) is 5.52. The third kappa shape index (κ3) is 3.14. The molecule has 0 aliphatic carbocycles. The number of rotatable bonds is 4. The molecule has 0 amide bonds. The Balaban J connectivity index is 1.77. The van der Waals surface area contributed by atoms with Gasteiger partial charge in [-0.15, -0.1) is 0 Å². The molecule has 1 aromatic carbocycles. The van der Waals surface area contributed by atoms with Crippen LogP contribution in [-0.2, 0) is 6.54 Å². The zero-order chi connectivity index (χ0) is 15.5. The molecule has 0 saturated heterocycles. The smallest absolute Gasteiger partial charge is 0.223 e. The van der Waals surface area contributed by atoms with Gasteiger partial charge >= 0.3 is 0 Å². The molecule has 0 radical (unpaired) electrons. The fourth-order valence-corrected chi connectivity index (χ4v) is 2.55. The zero-order valence-electron chi connectivity index (χ0n) is 13.0. The predicted molar refractivity (Wildman–Crippen MR) is 87.6 cm³/mol. The summed E-state index contributed by atoms with van der Waals surface area (Å²) >= 11 is 0. The lowest BCUT2D eigenvalue weighted by molar-refractivity contribution is 1.04. The topological polar surface area (TPSA) is 66.5 Å². The largest absolute Gasteiger partial charge is 0.350 e. The molecule has 2 N–H and O–H groups in total. The minimum Gasteiger partial charge on any atom is -0.350 e. The highest BCUT2D eigenvalue weighted by Crippen LogP contribution is 2.19. The van der Waals surface area contributed by atoms with E-state index in [0.29, 0.717) is 12.5 Å². The fourth-order valence-electron chi connectivity index (χ4n) is 2.55. The van der Waals surface area contributed by atoms with Gasteiger partial charge in [0.25, 0.3) is 0 Å². The van der Waals surface area contributed by atoms with E-state index in [1.165, 1.54) is 16.7 Å². The maximum Gasteiger partial charge on any atom is 0.223 e. The SMILES string of the molecule is Cc1cc(C)cc(CNc2nccc(-c3cn[nH]c3C)n2)c1. The molecule has 5 nitrogen and oxygen atoms in total. The number of anilines is 1. The van der Waals surface area contributed by atoms with Crippen molar-refractivity contribution in [2.75, 3.05) is 5.32 Å². The van der Waals surface area contributed by atoms with Crippen molar-refractivity contribution in [2.24, 2.45) is 0 Å². The number of hydrogen-bond acceptors (Lipinski definition) is 4. The van der Waals surface area contributed by atoms with Gasteiger partial charge in [-0.3, -0.25) is 5.10 Å². The van der Waals surface area contributed by atoms with E-state index >= 15 is 0 Å². The van der Waals surface area contributed by atoms with Gasteiger partial charge in [-0.05, 0) is 32.4 Å². The molecular formula is C17H19N5. The summed E-state index contributed by atoms with van der Waals surface area (Å²) in [7, 11) is 0. The zero-order valence-corrected chi connectivity index (χ0v) is 13.0. The van der Waals surface area contributed by atoms with E-state index in [-0.39, 0.29) is 0 Å². The molecule has 112 valence electrons. The number of benzene rings is 1. The molecule has 0 aliphatic rings. The summed E-state index contributed by atoms with van der Waals surface area (Å²) in [6, 6.07) is 8.40. The number of aromatic amines is 1. The molecule has 0 aliphatic heterocycles. The number of nitrogens with one attached hydrogen (secondary N) is 2. The van der Waals surface area contributed by atoms with E-state index in [9.17, 15) is 0 Å². The van der Waals surface area contributed by atoms with Crippen molar-refractivity contribution in [3.63, 3.8) is 0 Å². The van der Waals surface area contributed by atoms with Gasteiger partial charge in [-0.1, -0.05) is 29.3 Å². The fraction of sp³-hybridized carbons (Fsp3) is 0.235. The van der Waals surface area contributed by atoms with Crippen molar-refractivity contribution in [3.8, 4) is 11.3 Å². The molecule has 2 heterocycles. The first-order valence-electron chi connectivity index (χ1n) is 7.26. The highest BCUT2D eigenvalue weighted by atomic mass is 15.1. The average Bonchev–Trinajstić information content (AvgIpc) is 2.91. The number of nitrogens with zero attached hydrogens (tertiary/aromatic N) is 3. The van der Waals surface area contributed by atoms with E-state index in [0.717, 1.165) is 17.0 Å². The lowest BCUT2D eigenvalue weighted by atomic mass is 10.1. The number of aryl methyl sites for hydroxylation is 3. The summed E-state index contributed by atoms with van der Waals surface area (Å²) in [5, 5.41) is 10.2. The van der Waals surface area contributed by atoms with Crippen molar-refractivity contribution in [1.82, 2.24) is 20.2 Å². The Morgan fingerprint density at radius 2 is 1.86 bits per heavy atom.